The minimum absolute atomic E-state index is 0.147. The van der Waals surface area contributed by atoms with Gasteiger partial charge in [-0.05, 0) is 24.3 Å². The van der Waals surface area contributed by atoms with Gasteiger partial charge < -0.3 is 4.84 Å². The number of rotatable bonds is 4. The van der Waals surface area contributed by atoms with E-state index in [0.717, 1.165) is 23.5 Å². The van der Waals surface area contributed by atoms with Crippen molar-refractivity contribution in [1.29, 1.82) is 0 Å². The van der Waals surface area contributed by atoms with Crippen LogP contribution in [0.3, 0.4) is 0 Å². The zero-order valence-corrected chi connectivity index (χ0v) is 15.8. The number of aromatic nitrogens is 1. The van der Waals surface area contributed by atoms with E-state index in [1.165, 1.54) is 24.3 Å². The maximum absolute atomic E-state index is 12.7. The number of amides is 2. The Morgan fingerprint density at radius 1 is 1.00 bits per heavy atom. The van der Waals surface area contributed by atoms with E-state index in [-0.39, 0.29) is 17.5 Å². The zero-order valence-electron chi connectivity index (χ0n) is 15.0. The first-order valence-corrected chi connectivity index (χ1v) is 9.42. The highest BCUT2D eigenvalue weighted by Gasteiger charge is 2.38. The second-order valence-electron chi connectivity index (χ2n) is 6.31. The van der Waals surface area contributed by atoms with Crippen LogP contribution in [0.4, 0.5) is 13.2 Å². The Hall–Kier alpha value is -3.53. The van der Waals surface area contributed by atoms with E-state index >= 15 is 0 Å². The molecule has 0 saturated carbocycles. The lowest BCUT2D eigenvalue weighted by atomic mass is 10.1. The molecule has 6 nitrogen and oxygen atoms in total. The lowest BCUT2D eigenvalue weighted by molar-refractivity contribution is -0.167. The zero-order chi connectivity index (χ0) is 21.5. The molecule has 0 atom stereocenters. The molecule has 4 rings (SSSR count). The molecule has 152 valence electrons. The molecule has 0 spiro atoms. The average molecular weight is 432 g/mol. The van der Waals surface area contributed by atoms with Crippen LogP contribution < -0.4 is 0 Å². The van der Waals surface area contributed by atoms with Crippen molar-refractivity contribution < 1.29 is 32.4 Å². The SMILES string of the molecule is O=C(Cc1csc(-c2ccc(C(F)(F)F)cc2)n1)ON1C(=O)c2ccccc2C1=O. The van der Waals surface area contributed by atoms with E-state index in [0.29, 0.717) is 21.3 Å². The smallest absolute Gasteiger partial charge is 0.329 e. The van der Waals surface area contributed by atoms with Gasteiger partial charge in [-0.25, -0.2) is 9.78 Å². The Kier molecular flexibility index (Phi) is 4.86. The van der Waals surface area contributed by atoms with Crippen LogP contribution in [0.15, 0.2) is 53.9 Å². The number of imide groups is 1. The molecule has 0 aliphatic carbocycles. The maximum Gasteiger partial charge on any atom is 0.416 e. The highest BCUT2D eigenvalue weighted by Crippen LogP contribution is 2.32. The highest BCUT2D eigenvalue weighted by molar-refractivity contribution is 7.13. The summed E-state index contributed by atoms with van der Waals surface area (Å²) in [4.78, 5) is 45.8. The molecule has 2 heterocycles. The van der Waals surface area contributed by atoms with Crippen molar-refractivity contribution in [3.8, 4) is 10.6 Å². The molecule has 1 aliphatic heterocycles. The Labute approximate surface area is 171 Å². The topological polar surface area (TPSA) is 76.6 Å². The van der Waals surface area contributed by atoms with Crippen LogP contribution in [0, 0.1) is 0 Å². The Morgan fingerprint density at radius 2 is 1.60 bits per heavy atom. The summed E-state index contributed by atoms with van der Waals surface area (Å²) in [7, 11) is 0. The maximum atomic E-state index is 12.7. The summed E-state index contributed by atoms with van der Waals surface area (Å²) in [6.07, 6.45) is -4.75. The number of benzene rings is 2. The van der Waals surface area contributed by atoms with Crippen molar-refractivity contribution >= 4 is 29.1 Å². The van der Waals surface area contributed by atoms with Crippen molar-refractivity contribution in [3.63, 3.8) is 0 Å². The predicted molar refractivity (Wildman–Crippen MR) is 99.3 cm³/mol. The number of alkyl halides is 3. The number of nitrogens with zero attached hydrogens (tertiary/aromatic N) is 2. The number of thiazole rings is 1. The molecular weight excluding hydrogens is 421 g/mol. The van der Waals surface area contributed by atoms with Gasteiger partial charge in [0.25, 0.3) is 11.8 Å². The van der Waals surface area contributed by atoms with Gasteiger partial charge in [-0.3, -0.25) is 9.59 Å². The summed E-state index contributed by atoms with van der Waals surface area (Å²) in [6.45, 7) is 0. The van der Waals surface area contributed by atoms with Gasteiger partial charge in [0.2, 0.25) is 0 Å². The second kappa shape index (κ2) is 7.38. The molecule has 0 radical (unpaired) electrons. The molecule has 1 aromatic heterocycles. The van der Waals surface area contributed by atoms with Gasteiger partial charge in [-0.1, -0.05) is 29.3 Å². The fourth-order valence-corrected chi connectivity index (χ4v) is 3.68. The molecular formula is C20H11F3N2O4S. The van der Waals surface area contributed by atoms with Gasteiger partial charge in [-0.2, -0.15) is 13.2 Å². The number of hydrogen-bond donors (Lipinski definition) is 0. The van der Waals surface area contributed by atoms with Gasteiger partial charge in [0.1, 0.15) is 5.01 Å². The first-order valence-electron chi connectivity index (χ1n) is 8.54. The largest absolute Gasteiger partial charge is 0.416 e. The highest BCUT2D eigenvalue weighted by atomic mass is 32.1. The number of halogens is 3. The van der Waals surface area contributed by atoms with Crippen LogP contribution in [0.2, 0.25) is 0 Å². The van der Waals surface area contributed by atoms with E-state index in [4.69, 9.17) is 4.84 Å². The number of hydroxylamine groups is 2. The van der Waals surface area contributed by atoms with Crippen LogP contribution in [0.5, 0.6) is 0 Å². The van der Waals surface area contributed by atoms with Crippen LogP contribution >= 0.6 is 11.3 Å². The van der Waals surface area contributed by atoms with Gasteiger partial charge in [0.05, 0.1) is 28.8 Å². The summed E-state index contributed by atoms with van der Waals surface area (Å²) in [6, 6.07) is 10.6. The van der Waals surface area contributed by atoms with Gasteiger partial charge in [0.15, 0.2) is 0 Å². The number of fused-ring (bicyclic) bond motifs is 1. The summed E-state index contributed by atoms with van der Waals surface area (Å²) in [5, 5.41) is 2.39. The lowest BCUT2D eigenvalue weighted by Gasteiger charge is -2.12. The summed E-state index contributed by atoms with van der Waals surface area (Å²) < 4.78 is 38.0. The fraction of sp³-hybridized carbons (Fsp3) is 0.100. The van der Waals surface area contributed by atoms with Gasteiger partial charge in [0, 0.05) is 10.9 Å². The normalized spacial score (nSPS) is 13.5. The van der Waals surface area contributed by atoms with Crippen molar-refractivity contribution in [2.75, 3.05) is 0 Å². The molecule has 3 aromatic rings. The molecule has 2 amide bonds. The van der Waals surface area contributed by atoms with E-state index in [1.54, 1.807) is 17.5 Å². The Balaban J connectivity index is 1.43. The molecule has 0 saturated heterocycles. The number of hydrogen-bond acceptors (Lipinski definition) is 6. The quantitative estimate of drug-likeness (QED) is 0.580. The molecule has 0 bridgehead atoms. The van der Waals surface area contributed by atoms with Crippen molar-refractivity contribution in [2.24, 2.45) is 0 Å². The van der Waals surface area contributed by atoms with Crippen LogP contribution in [-0.2, 0) is 22.2 Å². The minimum Gasteiger partial charge on any atom is -0.329 e. The fourth-order valence-electron chi connectivity index (χ4n) is 2.85. The number of carbonyl (C=O) groups is 3. The molecule has 0 unspecified atom stereocenters. The predicted octanol–water partition coefficient (Wildman–Crippen LogP) is 4.13. The monoisotopic (exact) mass is 432 g/mol. The molecule has 2 aromatic carbocycles. The van der Waals surface area contributed by atoms with Crippen molar-refractivity contribution in [3.05, 3.63) is 76.3 Å². The standard InChI is InChI=1S/C20H11F3N2O4S/c21-20(22,23)12-7-5-11(6-8-12)17-24-13(10-30-17)9-16(26)29-25-18(27)14-3-1-2-4-15(14)19(25)28/h1-8,10H,9H2. The van der Waals surface area contributed by atoms with Crippen LogP contribution in [0.25, 0.3) is 10.6 Å². The van der Waals surface area contributed by atoms with Crippen molar-refractivity contribution in [1.82, 2.24) is 10.0 Å². The lowest BCUT2D eigenvalue weighted by Crippen LogP contribution is -2.33. The first-order chi connectivity index (χ1) is 14.2. The van der Waals surface area contributed by atoms with Gasteiger partial charge >= 0.3 is 12.1 Å². The summed E-state index contributed by atoms with van der Waals surface area (Å²) in [5.74, 6) is -2.32. The second-order valence-corrected chi connectivity index (χ2v) is 7.17. The third-order valence-corrected chi connectivity index (χ3v) is 5.23. The Morgan fingerprint density at radius 3 is 2.17 bits per heavy atom. The Bertz CT molecular complexity index is 1120. The molecule has 10 heteroatoms. The first kappa shape index (κ1) is 19.8. The van der Waals surface area contributed by atoms with Crippen molar-refractivity contribution in [2.45, 2.75) is 12.6 Å². The summed E-state index contributed by atoms with van der Waals surface area (Å²) >= 11 is 1.14. The van der Waals surface area contributed by atoms with E-state index in [2.05, 4.69) is 4.98 Å². The minimum atomic E-state index is -4.43. The van der Waals surface area contributed by atoms with E-state index < -0.39 is 29.5 Å². The number of carbonyl (C=O) groups excluding carboxylic acids is 3. The molecule has 0 fully saturated rings. The third kappa shape index (κ3) is 3.69. The van der Waals surface area contributed by atoms with E-state index in [9.17, 15) is 27.6 Å². The molecule has 0 N–H and O–H groups in total. The van der Waals surface area contributed by atoms with Crippen LogP contribution in [-0.4, -0.2) is 27.8 Å². The van der Waals surface area contributed by atoms with E-state index in [1.807, 2.05) is 0 Å². The average Bonchev–Trinajstić information content (AvgIpc) is 3.27. The third-order valence-electron chi connectivity index (χ3n) is 4.29. The summed E-state index contributed by atoms with van der Waals surface area (Å²) in [5.41, 5.74) is 0.291. The molecule has 1 aliphatic rings. The molecule has 30 heavy (non-hydrogen) atoms. The van der Waals surface area contributed by atoms with Gasteiger partial charge in [-0.15, -0.1) is 11.3 Å². The van der Waals surface area contributed by atoms with Crippen LogP contribution in [0.1, 0.15) is 32.0 Å².